The number of pyridine rings is 1. The summed E-state index contributed by atoms with van der Waals surface area (Å²) in [4.78, 5) is 16.8. The number of halogens is 2. The van der Waals surface area contributed by atoms with Crippen LogP contribution in [0.25, 0.3) is 5.65 Å². The third-order valence-electron chi connectivity index (χ3n) is 3.05. The average Bonchev–Trinajstić information content (AvgIpc) is 2.74. The number of nitrogens with zero attached hydrogens (tertiary/aromatic N) is 2. The largest absolute Gasteiger partial charge is 0.321 e. The summed E-state index contributed by atoms with van der Waals surface area (Å²) in [7, 11) is 0. The van der Waals surface area contributed by atoms with E-state index in [1.807, 2.05) is 0 Å². The lowest BCUT2D eigenvalue weighted by atomic mass is 10.3. The van der Waals surface area contributed by atoms with Gasteiger partial charge in [0.25, 0.3) is 5.91 Å². The minimum Gasteiger partial charge on any atom is -0.321 e. The zero-order valence-corrected chi connectivity index (χ0v) is 12.6. The molecule has 0 radical (unpaired) electrons. The molecule has 2 heterocycles. The molecule has 21 heavy (non-hydrogen) atoms. The Kier molecular flexibility index (Phi) is 3.57. The van der Waals surface area contributed by atoms with Gasteiger partial charge in [-0.15, -0.1) is 0 Å². The Morgan fingerprint density at radius 3 is 2.76 bits per heavy atom. The summed E-state index contributed by atoms with van der Waals surface area (Å²) in [5, 5.41) is 3.91. The molecule has 0 aliphatic rings. The number of anilines is 1. The maximum atomic E-state index is 12.5. The van der Waals surface area contributed by atoms with Crippen LogP contribution in [0.4, 0.5) is 5.69 Å². The van der Waals surface area contributed by atoms with Crippen molar-refractivity contribution < 1.29 is 4.79 Å². The number of aryl methyl sites for hydroxylation is 1. The molecule has 4 nitrogen and oxygen atoms in total. The minimum atomic E-state index is -0.260. The lowest BCUT2D eigenvalue weighted by Crippen LogP contribution is -2.15. The molecule has 1 N–H and O–H groups in total. The molecule has 2 aromatic heterocycles. The molecule has 0 saturated carbocycles. The van der Waals surface area contributed by atoms with Crippen molar-refractivity contribution in [3.63, 3.8) is 0 Å². The Bertz CT molecular complexity index is 842. The summed E-state index contributed by atoms with van der Waals surface area (Å²) < 4.78 is 1.68. The monoisotopic (exact) mass is 319 g/mol. The van der Waals surface area contributed by atoms with Gasteiger partial charge in [0, 0.05) is 16.9 Å². The van der Waals surface area contributed by atoms with Crippen LogP contribution in [0.5, 0.6) is 0 Å². The van der Waals surface area contributed by atoms with E-state index in [4.69, 9.17) is 23.2 Å². The van der Waals surface area contributed by atoms with E-state index in [0.717, 1.165) is 0 Å². The quantitative estimate of drug-likeness (QED) is 0.769. The van der Waals surface area contributed by atoms with Gasteiger partial charge in [-0.1, -0.05) is 29.3 Å². The van der Waals surface area contributed by atoms with Crippen LogP contribution in [-0.2, 0) is 0 Å². The van der Waals surface area contributed by atoms with Gasteiger partial charge in [0.2, 0.25) is 0 Å². The van der Waals surface area contributed by atoms with E-state index in [2.05, 4.69) is 10.3 Å². The smallest absolute Gasteiger partial charge is 0.274 e. The number of carbonyl (C=O) groups excluding carboxylic acids is 1. The number of fused-ring (bicyclic) bond motifs is 1. The lowest BCUT2D eigenvalue weighted by Gasteiger charge is -2.06. The Balaban J connectivity index is 2.01. The van der Waals surface area contributed by atoms with Crippen molar-refractivity contribution in [3.05, 3.63) is 64.0 Å². The van der Waals surface area contributed by atoms with Gasteiger partial charge in [0.1, 0.15) is 11.3 Å². The minimum absolute atomic E-state index is 0.260. The maximum absolute atomic E-state index is 12.5. The van der Waals surface area contributed by atoms with Crippen LogP contribution in [0.1, 0.15) is 16.2 Å². The van der Waals surface area contributed by atoms with Crippen LogP contribution in [0.2, 0.25) is 10.0 Å². The fourth-order valence-corrected chi connectivity index (χ4v) is 2.52. The van der Waals surface area contributed by atoms with Crippen molar-refractivity contribution in [1.29, 1.82) is 0 Å². The fraction of sp³-hybridized carbons (Fsp3) is 0.0667. The molecular weight excluding hydrogens is 309 g/mol. The van der Waals surface area contributed by atoms with Crippen LogP contribution in [-0.4, -0.2) is 15.3 Å². The van der Waals surface area contributed by atoms with Crippen molar-refractivity contribution in [2.45, 2.75) is 6.92 Å². The van der Waals surface area contributed by atoms with Crippen LogP contribution < -0.4 is 5.32 Å². The number of amides is 1. The molecule has 0 aliphatic heterocycles. The number of benzene rings is 1. The van der Waals surface area contributed by atoms with Gasteiger partial charge in [-0.05, 0) is 37.3 Å². The maximum Gasteiger partial charge on any atom is 0.274 e. The SMILES string of the molecule is Cc1nc2ccc(Cl)cn2c1C(=O)Nc1cccc(Cl)c1. The molecule has 1 amide bonds. The van der Waals surface area contributed by atoms with Gasteiger partial charge < -0.3 is 5.32 Å². The first kappa shape index (κ1) is 13.9. The molecular formula is C15H11Cl2N3O. The normalized spacial score (nSPS) is 10.8. The predicted molar refractivity (Wildman–Crippen MR) is 84.3 cm³/mol. The van der Waals surface area contributed by atoms with Crippen LogP contribution in [0.3, 0.4) is 0 Å². The molecule has 106 valence electrons. The van der Waals surface area contributed by atoms with Gasteiger partial charge in [-0.3, -0.25) is 9.20 Å². The standard InChI is InChI=1S/C15H11Cl2N3O/c1-9-14(20-8-11(17)5-6-13(20)18-9)15(21)19-12-4-2-3-10(16)7-12/h2-8H,1H3,(H,19,21). The molecule has 0 unspecified atom stereocenters. The number of hydrogen-bond acceptors (Lipinski definition) is 2. The second-order valence-corrected chi connectivity index (χ2v) is 5.46. The number of rotatable bonds is 2. The van der Waals surface area contributed by atoms with E-state index in [1.54, 1.807) is 53.9 Å². The first-order valence-corrected chi connectivity index (χ1v) is 7.01. The van der Waals surface area contributed by atoms with Gasteiger partial charge in [-0.25, -0.2) is 4.98 Å². The molecule has 0 aliphatic carbocycles. The second kappa shape index (κ2) is 5.39. The van der Waals surface area contributed by atoms with Crippen LogP contribution >= 0.6 is 23.2 Å². The molecule has 1 aromatic carbocycles. The van der Waals surface area contributed by atoms with E-state index in [1.165, 1.54) is 0 Å². The van der Waals surface area contributed by atoms with E-state index in [-0.39, 0.29) is 5.91 Å². The lowest BCUT2D eigenvalue weighted by molar-refractivity contribution is 0.102. The van der Waals surface area contributed by atoms with E-state index < -0.39 is 0 Å². The molecule has 0 spiro atoms. The Labute approximate surface area is 131 Å². The highest BCUT2D eigenvalue weighted by Gasteiger charge is 2.17. The Hall–Kier alpha value is -2.04. The number of hydrogen-bond donors (Lipinski definition) is 1. The molecule has 0 saturated heterocycles. The summed E-state index contributed by atoms with van der Waals surface area (Å²) in [6.07, 6.45) is 1.67. The average molecular weight is 320 g/mol. The Morgan fingerprint density at radius 2 is 2.00 bits per heavy atom. The number of carbonyl (C=O) groups is 1. The number of aromatic nitrogens is 2. The first-order chi connectivity index (χ1) is 10.0. The third-order valence-corrected chi connectivity index (χ3v) is 3.51. The fourth-order valence-electron chi connectivity index (χ4n) is 2.17. The second-order valence-electron chi connectivity index (χ2n) is 4.59. The van der Waals surface area contributed by atoms with Gasteiger partial charge in [0.15, 0.2) is 0 Å². The molecule has 6 heteroatoms. The first-order valence-electron chi connectivity index (χ1n) is 6.26. The zero-order valence-electron chi connectivity index (χ0n) is 11.1. The van der Waals surface area contributed by atoms with Crippen molar-refractivity contribution in [3.8, 4) is 0 Å². The number of nitrogens with one attached hydrogen (secondary N) is 1. The third kappa shape index (κ3) is 2.73. The van der Waals surface area contributed by atoms with Gasteiger partial charge >= 0.3 is 0 Å². The molecule has 3 aromatic rings. The van der Waals surface area contributed by atoms with Crippen molar-refractivity contribution >= 4 is 40.4 Å². The summed E-state index contributed by atoms with van der Waals surface area (Å²) in [5.74, 6) is -0.260. The summed E-state index contributed by atoms with van der Waals surface area (Å²) in [6.45, 7) is 1.79. The summed E-state index contributed by atoms with van der Waals surface area (Å²) in [6, 6.07) is 10.5. The molecule has 0 fully saturated rings. The predicted octanol–water partition coefficient (Wildman–Crippen LogP) is 4.20. The van der Waals surface area contributed by atoms with Gasteiger partial charge in [0.05, 0.1) is 10.7 Å². The van der Waals surface area contributed by atoms with Crippen LogP contribution in [0, 0.1) is 6.92 Å². The topological polar surface area (TPSA) is 46.4 Å². The molecule has 3 rings (SSSR count). The van der Waals surface area contributed by atoms with Crippen LogP contribution in [0.15, 0.2) is 42.6 Å². The van der Waals surface area contributed by atoms with E-state index in [0.29, 0.717) is 32.8 Å². The Morgan fingerprint density at radius 1 is 1.19 bits per heavy atom. The highest BCUT2D eigenvalue weighted by Crippen LogP contribution is 2.19. The highest BCUT2D eigenvalue weighted by atomic mass is 35.5. The molecule has 0 bridgehead atoms. The number of imidazole rings is 1. The van der Waals surface area contributed by atoms with Crippen molar-refractivity contribution in [1.82, 2.24) is 9.38 Å². The van der Waals surface area contributed by atoms with Crippen molar-refractivity contribution in [2.24, 2.45) is 0 Å². The van der Waals surface area contributed by atoms with E-state index >= 15 is 0 Å². The summed E-state index contributed by atoms with van der Waals surface area (Å²) in [5.41, 5.74) is 2.39. The van der Waals surface area contributed by atoms with Gasteiger partial charge in [-0.2, -0.15) is 0 Å². The van der Waals surface area contributed by atoms with E-state index in [9.17, 15) is 4.79 Å². The zero-order chi connectivity index (χ0) is 15.0. The highest BCUT2D eigenvalue weighted by molar-refractivity contribution is 6.31. The van der Waals surface area contributed by atoms with Crippen molar-refractivity contribution in [2.75, 3.05) is 5.32 Å². The molecule has 0 atom stereocenters. The summed E-state index contributed by atoms with van der Waals surface area (Å²) >= 11 is 11.9.